The average Bonchev–Trinajstić information content (AvgIpc) is 2.39. The van der Waals surface area contributed by atoms with Crippen LogP contribution in [0.3, 0.4) is 0 Å². The molecule has 1 N–H and O–H groups in total. The number of carboxylic acid groups (broad SMARTS) is 1. The molecule has 100 valence electrons. The summed E-state index contributed by atoms with van der Waals surface area (Å²) in [4.78, 5) is 17.0. The lowest BCUT2D eigenvalue weighted by Gasteiger charge is -2.24. The van der Waals surface area contributed by atoms with Gasteiger partial charge in [0.15, 0.2) is 0 Å². The summed E-state index contributed by atoms with van der Waals surface area (Å²) in [6.07, 6.45) is 6.09. The van der Waals surface area contributed by atoms with Gasteiger partial charge in [0.2, 0.25) is 0 Å². The number of carboxylic acids is 1. The van der Waals surface area contributed by atoms with E-state index in [2.05, 4.69) is 23.7 Å². The Morgan fingerprint density at radius 2 is 1.89 bits per heavy atom. The summed E-state index contributed by atoms with van der Waals surface area (Å²) in [7, 11) is 0. The first-order valence-corrected chi connectivity index (χ1v) is 6.63. The molecule has 0 saturated carbocycles. The lowest BCUT2D eigenvalue weighted by atomic mass is 10.2. The molecule has 0 fully saturated rings. The van der Waals surface area contributed by atoms with E-state index in [1.165, 1.54) is 0 Å². The van der Waals surface area contributed by atoms with Crippen molar-refractivity contribution < 1.29 is 9.90 Å². The van der Waals surface area contributed by atoms with Gasteiger partial charge < -0.3 is 10.0 Å². The Morgan fingerprint density at radius 1 is 1.28 bits per heavy atom. The topological polar surface area (TPSA) is 53.4 Å². The van der Waals surface area contributed by atoms with Crippen LogP contribution in [-0.4, -0.2) is 29.1 Å². The predicted molar refractivity (Wildman–Crippen MR) is 73.2 cm³/mol. The van der Waals surface area contributed by atoms with Gasteiger partial charge >= 0.3 is 5.97 Å². The zero-order valence-electron chi connectivity index (χ0n) is 11.2. The van der Waals surface area contributed by atoms with Crippen molar-refractivity contribution in [3.05, 3.63) is 24.0 Å². The van der Waals surface area contributed by atoms with E-state index in [4.69, 9.17) is 5.11 Å². The lowest BCUT2D eigenvalue weighted by Crippen LogP contribution is -2.25. The van der Waals surface area contributed by atoms with Gasteiger partial charge in [-0.1, -0.05) is 26.7 Å². The van der Waals surface area contributed by atoms with Gasteiger partial charge in [0.1, 0.15) is 5.69 Å². The van der Waals surface area contributed by atoms with Gasteiger partial charge in [-0.2, -0.15) is 0 Å². The fourth-order valence-electron chi connectivity index (χ4n) is 1.80. The molecule has 0 saturated heterocycles. The predicted octanol–water partition coefficient (Wildman–Crippen LogP) is 3.19. The van der Waals surface area contributed by atoms with Crippen LogP contribution in [0.1, 0.15) is 50.0 Å². The maximum absolute atomic E-state index is 10.9. The van der Waals surface area contributed by atoms with E-state index >= 15 is 0 Å². The molecule has 4 heteroatoms. The van der Waals surface area contributed by atoms with E-state index in [0.29, 0.717) is 0 Å². The van der Waals surface area contributed by atoms with Gasteiger partial charge in [0.25, 0.3) is 0 Å². The highest BCUT2D eigenvalue weighted by Gasteiger charge is 2.10. The first kappa shape index (κ1) is 14.5. The molecule has 0 aromatic carbocycles. The SMILES string of the molecule is CCCCN(CCCC)c1ccnc(C(=O)O)c1. The standard InChI is InChI=1S/C14H22N2O2/c1-3-5-9-16(10-6-4-2)12-7-8-15-13(11-12)14(17)18/h7-8,11H,3-6,9-10H2,1-2H3,(H,17,18). The van der Waals surface area contributed by atoms with Crippen molar-refractivity contribution in [2.45, 2.75) is 39.5 Å². The second-order valence-corrected chi connectivity index (χ2v) is 4.40. The van der Waals surface area contributed by atoms with Crippen molar-refractivity contribution in [2.75, 3.05) is 18.0 Å². The zero-order chi connectivity index (χ0) is 13.4. The van der Waals surface area contributed by atoms with Gasteiger partial charge in [-0.05, 0) is 25.0 Å². The summed E-state index contributed by atoms with van der Waals surface area (Å²) >= 11 is 0. The molecule has 0 spiro atoms. The van der Waals surface area contributed by atoms with E-state index in [0.717, 1.165) is 44.5 Å². The molecule has 1 aromatic heterocycles. The van der Waals surface area contributed by atoms with Crippen LogP contribution in [0, 0.1) is 0 Å². The molecule has 1 aromatic rings. The summed E-state index contributed by atoms with van der Waals surface area (Å²) < 4.78 is 0. The first-order valence-electron chi connectivity index (χ1n) is 6.63. The highest BCUT2D eigenvalue weighted by molar-refractivity contribution is 5.86. The number of hydrogen-bond donors (Lipinski definition) is 1. The van der Waals surface area contributed by atoms with Crippen molar-refractivity contribution in [3.63, 3.8) is 0 Å². The first-order chi connectivity index (χ1) is 8.69. The second-order valence-electron chi connectivity index (χ2n) is 4.40. The third kappa shape index (κ3) is 4.35. The number of anilines is 1. The fraction of sp³-hybridized carbons (Fsp3) is 0.571. The molecule has 1 heterocycles. The van der Waals surface area contributed by atoms with Gasteiger partial charge in [0, 0.05) is 25.0 Å². The van der Waals surface area contributed by atoms with Crippen LogP contribution in [0.4, 0.5) is 5.69 Å². The Morgan fingerprint density at radius 3 is 2.39 bits per heavy atom. The minimum absolute atomic E-state index is 0.116. The fourth-order valence-corrected chi connectivity index (χ4v) is 1.80. The Kier molecular flexibility index (Phi) is 6.19. The highest BCUT2D eigenvalue weighted by Crippen LogP contribution is 2.16. The molecule has 4 nitrogen and oxygen atoms in total. The summed E-state index contributed by atoms with van der Waals surface area (Å²) in [5, 5.41) is 8.96. The smallest absolute Gasteiger partial charge is 0.354 e. The van der Waals surface area contributed by atoms with Gasteiger partial charge in [0.05, 0.1) is 0 Å². The number of carbonyl (C=O) groups is 1. The van der Waals surface area contributed by atoms with Crippen LogP contribution in [0.15, 0.2) is 18.3 Å². The van der Waals surface area contributed by atoms with Gasteiger partial charge in [-0.25, -0.2) is 9.78 Å². The number of unbranched alkanes of at least 4 members (excludes halogenated alkanes) is 2. The number of hydrogen-bond acceptors (Lipinski definition) is 3. The third-order valence-corrected chi connectivity index (χ3v) is 2.89. The Labute approximate surface area is 109 Å². The van der Waals surface area contributed by atoms with Gasteiger partial charge in [-0.15, -0.1) is 0 Å². The van der Waals surface area contributed by atoms with E-state index in [1.54, 1.807) is 12.3 Å². The van der Waals surface area contributed by atoms with Crippen LogP contribution >= 0.6 is 0 Å². The largest absolute Gasteiger partial charge is 0.477 e. The molecule has 1 rings (SSSR count). The van der Waals surface area contributed by atoms with Crippen LogP contribution in [0.2, 0.25) is 0 Å². The minimum Gasteiger partial charge on any atom is -0.477 e. The van der Waals surface area contributed by atoms with Crippen molar-refractivity contribution in [1.29, 1.82) is 0 Å². The zero-order valence-corrected chi connectivity index (χ0v) is 11.2. The van der Waals surface area contributed by atoms with E-state index in [1.807, 2.05) is 6.07 Å². The van der Waals surface area contributed by atoms with Crippen LogP contribution in [0.25, 0.3) is 0 Å². The summed E-state index contributed by atoms with van der Waals surface area (Å²) in [5.41, 5.74) is 1.08. The summed E-state index contributed by atoms with van der Waals surface area (Å²) in [6.45, 7) is 6.26. The normalized spacial score (nSPS) is 10.3. The Bertz CT molecular complexity index is 372. The Balaban J connectivity index is 2.82. The molecule has 0 atom stereocenters. The van der Waals surface area contributed by atoms with Crippen LogP contribution in [0.5, 0.6) is 0 Å². The number of pyridine rings is 1. The molecule has 0 aliphatic rings. The summed E-state index contributed by atoms with van der Waals surface area (Å²) in [5.74, 6) is -0.970. The molecule has 0 radical (unpaired) electrons. The van der Waals surface area contributed by atoms with E-state index in [9.17, 15) is 4.79 Å². The summed E-state index contributed by atoms with van der Waals surface area (Å²) in [6, 6.07) is 3.55. The van der Waals surface area contributed by atoms with Crippen LogP contribution in [-0.2, 0) is 0 Å². The molecule has 0 amide bonds. The number of nitrogens with zero attached hydrogens (tertiary/aromatic N) is 2. The van der Waals surface area contributed by atoms with Crippen molar-refractivity contribution in [2.24, 2.45) is 0 Å². The van der Waals surface area contributed by atoms with E-state index in [-0.39, 0.29) is 5.69 Å². The maximum atomic E-state index is 10.9. The lowest BCUT2D eigenvalue weighted by molar-refractivity contribution is 0.0690. The van der Waals surface area contributed by atoms with Crippen LogP contribution < -0.4 is 4.90 Å². The molecule has 18 heavy (non-hydrogen) atoms. The second kappa shape index (κ2) is 7.69. The van der Waals surface area contributed by atoms with E-state index < -0.39 is 5.97 Å². The number of rotatable bonds is 8. The van der Waals surface area contributed by atoms with Crippen molar-refractivity contribution >= 4 is 11.7 Å². The highest BCUT2D eigenvalue weighted by atomic mass is 16.4. The van der Waals surface area contributed by atoms with Crippen molar-refractivity contribution in [3.8, 4) is 0 Å². The molecular weight excluding hydrogens is 228 g/mol. The molecular formula is C14H22N2O2. The molecule has 0 aliphatic heterocycles. The average molecular weight is 250 g/mol. The maximum Gasteiger partial charge on any atom is 0.354 e. The van der Waals surface area contributed by atoms with Crippen molar-refractivity contribution in [1.82, 2.24) is 4.98 Å². The Hall–Kier alpha value is -1.58. The third-order valence-electron chi connectivity index (χ3n) is 2.89. The molecule has 0 bridgehead atoms. The quantitative estimate of drug-likeness (QED) is 0.770. The minimum atomic E-state index is -0.970. The molecule has 0 unspecified atom stereocenters. The monoisotopic (exact) mass is 250 g/mol. The van der Waals surface area contributed by atoms with Gasteiger partial charge in [-0.3, -0.25) is 0 Å². The number of aromatic carboxylic acids is 1. The number of aromatic nitrogens is 1. The molecule has 0 aliphatic carbocycles.